The predicted octanol–water partition coefficient (Wildman–Crippen LogP) is 1.90. The number of hydrogen-bond acceptors (Lipinski definition) is 6. The summed E-state index contributed by atoms with van der Waals surface area (Å²) >= 11 is 1.22. The molecular weight excluding hydrogens is 293 g/mol. The molecule has 0 fully saturated rings. The van der Waals surface area contributed by atoms with Crippen molar-refractivity contribution in [3.8, 4) is 21.3 Å². The van der Waals surface area contributed by atoms with Crippen LogP contribution >= 0.6 is 11.3 Å². The molecule has 0 aliphatic rings. The topological polar surface area (TPSA) is 94.7 Å². The largest absolute Gasteiger partial charge is 0.364 e. The number of nitrogens with zero attached hydrogens (tertiary/aromatic N) is 4. The minimum atomic E-state index is -0.615. The highest BCUT2D eigenvalue weighted by Crippen LogP contribution is 2.28. The van der Waals surface area contributed by atoms with Crippen molar-refractivity contribution in [3.63, 3.8) is 0 Å². The molecule has 8 heteroatoms. The average Bonchev–Trinajstić information content (AvgIpc) is 2.97. The maximum Gasteiger partial charge on any atom is 0.267 e. The molecule has 0 saturated heterocycles. The molecule has 1 amide bonds. The van der Waals surface area contributed by atoms with Crippen molar-refractivity contribution in [1.29, 1.82) is 0 Å². The zero-order valence-electron chi connectivity index (χ0n) is 10.5. The molecule has 0 aliphatic heterocycles. The number of hydrogen-bond donors (Lipinski definition) is 1. The fourth-order valence-electron chi connectivity index (χ4n) is 1.66. The van der Waals surface area contributed by atoms with Gasteiger partial charge in [0.2, 0.25) is 0 Å². The first-order valence-electron chi connectivity index (χ1n) is 5.85. The van der Waals surface area contributed by atoms with E-state index in [4.69, 9.17) is 5.73 Å². The number of aromatic nitrogens is 4. The lowest BCUT2D eigenvalue weighted by Gasteiger charge is -1.97. The second-order valence-electron chi connectivity index (χ2n) is 4.08. The lowest BCUT2D eigenvalue weighted by atomic mass is 10.3. The molecule has 21 heavy (non-hydrogen) atoms. The second-order valence-corrected chi connectivity index (χ2v) is 5.05. The summed E-state index contributed by atoms with van der Waals surface area (Å²) in [5.41, 5.74) is 6.36. The van der Waals surface area contributed by atoms with E-state index in [2.05, 4.69) is 20.2 Å². The second kappa shape index (κ2) is 5.33. The third-order valence-electron chi connectivity index (χ3n) is 2.60. The van der Waals surface area contributed by atoms with E-state index in [1.165, 1.54) is 29.7 Å². The van der Waals surface area contributed by atoms with E-state index in [1.54, 1.807) is 12.1 Å². The molecule has 0 atom stereocenters. The highest BCUT2D eigenvalue weighted by molar-refractivity contribution is 7.17. The van der Waals surface area contributed by atoms with Crippen LogP contribution in [0.1, 0.15) is 10.5 Å². The zero-order chi connectivity index (χ0) is 14.8. The summed E-state index contributed by atoms with van der Waals surface area (Å²) in [4.78, 5) is 19.0. The molecule has 2 N–H and O–H groups in total. The minimum absolute atomic E-state index is 0.150. The molecule has 3 rings (SSSR count). The van der Waals surface area contributed by atoms with Crippen LogP contribution in [0.4, 0.5) is 4.39 Å². The molecule has 6 nitrogen and oxygen atoms in total. The SMILES string of the molecule is NC(=O)c1cccc(-c2nnc(-c3cncc(F)c3)s2)n1. The number of carbonyl (C=O) groups is 1. The molecular formula is C13H8FN5OS. The van der Waals surface area contributed by atoms with Crippen LogP contribution in [0.15, 0.2) is 36.7 Å². The van der Waals surface area contributed by atoms with Crippen molar-refractivity contribution in [3.05, 3.63) is 48.2 Å². The summed E-state index contributed by atoms with van der Waals surface area (Å²) in [5.74, 6) is -1.06. The van der Waals surface area contributed by atoms with Gasteiger partial charge in [-0.05, 0) is 18.2 Å². The van der Waals surface area contributed by atoms with Crippen LogP contribution in [0.2, 0.25) is 0 Å². The van der Waals surface area contributed by atoms with Crippen LogP contribution in [-0.2, 0) is 0 Å². The molecule has 0 saturated carbocycles. The van der Waals surface area contributed by atoms with Crippen molar-refractivity contribution in [2.24, 2.45) is 5.73 Å². The van der Waals surface area contributed by atoms with Crippen LogP contribution in [0.3, 0.4) is 0 Å². The number of halogens is 1. The molecule has 0 aliphatic carbocycles. The molecule has 3 heterocycles. The summed E-state index contributed by atoms with van der Waals surface area (Å²) < 4.78 is 13.2. The number of primary amides is 1. The fourth-order valence-corrected chi connectivity index (χ4v) is 2.46. The Hall–Kier alpha value is -2.74. The Morgan fingerprint density at radius 1 is 1.19 bits per heavy atom. The van der Waals surface area contributed by atoms with E-state index >= 15 is 0 Å². The van der Waals surface area contributed by atoms with Gasteiger partial charge < -0.3 is 5.73 Å². The summed E-state index contributed by atoms with van der Waals surface area (Å²) in [6.07, 6.45) is 2.62. The van der Waals surface area contributed by atoms with Gasteiger partial charge in [0.15, 0.2) is 5.01 Å². The molecule has 3 aromatic rings. The van der Waals surface area contributed by atoms with Gasteiger partial charge in [0.25, 0.3) is 5.91 Å². The Balaban J connectivity index is 1.98. The van der Waals surface area contributed by atoms with E-state index < -0.39 is 11.7 Å². The van der Waals surface area contributed by atoms with Crippen molar-refractivity contribution in [2.45, 2.75) is 0 Å². The predicted molar refractivity (Wildman–Crippen MR) is 74.8 cm³/mol. The Morgan fingerprint density at radius 3 is 2.76 bits per heavy atom. The number of amides is 1. The van der Waals surface area contributed by atoms with Gasteiger partial charge in [-0.15, -0.1) is 10.2 Å². The molecule has 0 radical (unpaired) electrons. The first-order valence-corrected chi connectivity index (χ1v) is 6.67. The first kappa shape index (κ1) is 13.3. The van der Waals surface area contributed by atoms with Crippen LogP contribution in [-0.4, -0.2) is 26.1 Å². The maximum absolute atomic E-state index is 13.2. The number of carbonyl (C=O) groups excluding carboxylic acids is 1. The maximum atomic E-state index is 13.2. The molecule has 3 aromatic heterocycles. The molecule has 0 aromatic carbocycles. The van der Waals surface area contributed by atoms with Gasteiger partial charge in [0.1, 0.15) is 22.2 Å². The number of rotatable bonds is 3. The lowest BCUT2D eigenvalue weighted by Crippen LogP contribution is -2.12. The van der Waals surface area contributed by atoms with Crippen LogP contribution < -0.4 is 5.73 Å². The van der Waals surface area contributed by atoms with Gasteiger partial charge in [-0.3, -0.25) is 9.78 Å². The summed E-state index contributed by atoms with van der Waals surface area (Å²) in [6, 6.07) is 6.20. The Bertz CT molecular complexity index is 820. The normalized spacial score (nSPS) is 10.5. The molecule has 0 bridgehead atoms. The van der Waals surface area contributed by atoms with Gasteiger partial charge in [-0.2, -0.15) is 0 Å². The van der Waals surface area contributed by atoms with Crippen molar-refractivity contribution in [1.82, 2.24) is 20.2 Å². The van der Waals surface area contributed by atoms with Gasteiger partial charge in [-0.1, -0.05) is 17.4 Å². The van der Waals surface area contributed by atoms with Gasteiger partial charge >= 0.3 is 0 Å². The summed E-state index contributed by atoms with van der Waals surface area (Å²) in [6.45, 7) is 0. The fraction of sp³-hybridized carbons (Fsp3) is 0. The van der Waals surface area contributed by atoms with Gasteiger partial charge in [-0.25, -0.2) is 9.37 Å². The van der Waals surface area contributed by atoms with E-state index in [1.807, 2.05) is 0 Å². The summed E-state index contributed by atoms with van der Waals surface area (Å²) in [5, 5.41) is 9.01. The highest BCUT2D eigenvalue weighted by atomic mass is 32.1. The van der Waals surface area contributed by atoms with E-state index in [0.29, 0.717) is 21.3 Å². The van der Waals surface area contributed by atoms with Crippen molar-refractivity contribution < 1.29 is 9.18 Å². The van der Waals surface area contributed by atoms with Crippen LogP contribution in [0.25, 0.3) is 21.3 Å². The highest BCUT2D eigenvalue weighted by Gasteiger charge is 2.12. The third kappa shape index (κ3) is 2.75. The average molecular weight is 301 g/mol. The minimum Gasteiger partial charge on any atom is -0.364 e. The van der Waals surface area contributed by atoms with E-state index in [0.717, 1.165) is 6.20 Å². The lowest BCUT2D eigenvalue weighted by molar-refractivity contribution is 0.0995. The van der Waals surface area contributed by atoms with Gasteiger partial charge in [0, 0.05) is 11.8 Å². The number of pyridine rings is 2. The summed E-state index contributed by atoms with van der Waals surface area (Å²) in [7, 11) is 0. The van der Waals surface area contributed by atoms with Crippen LogP contribution in [0, 0.1) is 5.82 Å². The first-order chi connectivity index (χ1) is 10.1. The van der Waals surface area contributed by atoms with Gasteiger partial charge in [0.05, 0.1) is 6.20 Å². The Kier molecular flexibility index (Phi) is 3.36. The smallest absolute Gasteiger partial charge is 0.267 e. The molecule has 0 spiro atoms. The number of nitrogens with two attached hydrogens (primary N) is 1. The standard InChI is InChI=1S/C13H8FN5OS/c14-8-4-7(5-16-6-8)12-18-19-13(21-12)10-3-1-2-9(17-10)11(15)20/h1-6H,(H2,15,20). The van der Waals surface area contributed by atoms with Crippen molar-refractivity contribution >= 4 is 17.2 Å². The molecule has 0 unspecified atom stereocenters. The van der Waals surface area contributed by atoms with E-state index in [9.17, 15) is 9.18 Å². The van der Waals surface area contributed by atoms with Crippen molar-refractivity contribution in [2.75, 3.05) is 0 Å². The Labute approximate surface area is 122 Å². The molecule has 104 valence electrons. The quantitative estimate of drug-likeness (QED) is 0.797. The van der Waals surface area contributed by atoms with Crippen LogP contribution in [0.5, 0.6) is 0 Å². The Morgan fingerprint density at radius 2 is 2.00 bits per heavy atom. The van der Waals surface area contributed by atoms with E-state index in [-0.39, 0.29) is 5.69 Å². The monoisotopic (exact) mass is 301 g/mol. The third-order valence-corrected chi connectivity index (χ3v) is 3.59. The zero-order valence-corrected chi connectivity index (χ0v) is 11.3.